The number of aromatic amines is 1. The molecule has 4 nitrogen and oxygen atoms in total. The van der Waals surface area contributed by atoms with Crippen LogP contribution in [0.4, 0.5) is 0 Å². The zero-order valence-corrected chi connectivity index (χ0v) is 11.5. The Morgan fingerprint density at radius 3 is 2.86 bits per heavy atom. The fourth-order valence-electron chi connectivity index (χ4n) is 2.95. The van der Waals surface area contributed by atoms with Gasteiger partial charge in [0.1, 0.15) is 0 Å². The molecule has 0 saturated heterocycles. The predicted octanol–water partition coefficient (Wildman–Crippen LogP) is 2.99. The number of hydrogen-bond donors (Lipinski definition) is 2. The fraction of sp³-hybridized carbons (Fsp3) is 0.176. The third kappa shape index (κ3) is 1.96. The molecule has 106 valence electrons. The van der Waals surface area contributed by atoms with E-state index in [1.165, 1.54) is 10.9 Å². The maximum absolute atomic E-state index is 6.05. The standard InChI is InChI=1S/C17H16N2O2/c18-8-13(11-5-6-16-17(7-11)21-10-20-16)14-9-19-15-4-2-1-3-12(14)15/h1-7,9,13,19H,8,10,18H2/t13-/m0/s1. The average Bonchev–Trinajstić information content (AvgIpc) is 3.15. The minimum Gasteiger partial charge on any atom is -0.454 e. The highest BCUT2D eigenvalue weighted by Crippen LogP contribution is 2.37. The molecule has 1 atom stereocenters. The number of H-pyrrole nitrogens is 1. The maximum Gasteiger partial charge on any atom is 0.231 e. The molecule has 4 heteroatoms. The van der Waals surface area contributed by atoms with Crippen molar-refractivity contribution in [3.8, 4) is 11.5 Å². The molecule has 3 N–H and O–H groups in total. The number of aromatic nitrogens is 1. The minimum absolute atomic E-state index is 0.135. The van der Waals surface area contributed by atoms with Crippen LogP contribution in [0.1, 0.15) is 17.0 Å². The summed E-state index contributed by atoms with van der Waals surface area (Å²) in [5, 5.41) is 1.21. The van der Waals surface area contributed by atoms with Gasteiger partial charge in [0, 0.05) is 29.6 Å². The van der Waals surface area contributed by atoms with Crippen LogP contribution in [0.25, 0.3) is 10.9 Å². The van der Waals surface area contributed by atoms with Gasteiger partial charge in [0.25, 0.3) is 0 Å². The molecule has 21 heavy (non-hydrogen) atoms. The zero-order chi connectivity index (χ0) is 14.2. The summed E-state index contributed by atoms with van der Waals surface area (Å²) in [4.78, 5) is 3.31. The van der Waals surface area contributed by atoms with Crippen molar-refractivity contribution in [1.82, 2.24) is 4.98 Å². The van der Waals surface area contributed by atoms with Crippen molar-refractivity contribution >= 4 is 10.9 Å². The van der Waals surface area contributed by atoms with Crippen LogP contribution in [-0.4, -0.2) is 18.3 Å². The largest absolute Gasteiger partial charge is 0.454 e. The molecule has 1 aromatic heterocycles. The first-order chi connectivity index (χ1) is 10.4. The number of para-hydroxylation sites is 1. The smallest absolute Gasteiger partial charge is 0.231 e. The van der Waals surface area contributed by atoms with E-state index >= 15 is 0 Å². The van der Waals surface area contributed by atoms with E-state index < -0.39 is 0 Å². The van der Waals surface area contributed by atoms with Gasteiger partial charge in [-0.1, -0.05) is 24.3 Å². The first-order valence-electron chi connectivity index (χ1n) is 7.02. The van der Waals surface area contributed by atoms with Crippen LogP contribution in [0.5, 0.6) is 11.5 Å². The topological polar surface area (TPSA) is 60.3 Å². The van der Waals surface area contributed by atoms with Gasteiger partial charge in [0.2, 0.25) is 6.79 Å². The summed E-state index contributed by atoms with van der Waals surface area (Å²) in [6.45, 7) is 0.834. The average molecular weight is 280 g/mol. The number of rotatable bonds is 3. The zero-order valence-electron chi connectivity index (χ0n) is 11.5. The summed E-state index contributed by atoms with van der Waals surface area (Å²) in [7, 11) is 0. The lowest BCUT2D eigenvalue weighted by Crippen LogP contribution is -2.13. The molecule has 0 saturated carbocycles. The van der Waals surface area contributed by atoms with Crippen molar-refractivity contribution in [2.45, 2.75) is 5.92 Å². The van der Waals surface area contributed by atoms with E-state index in [1.807, 2.05) is 30.5 Å². The number of nitrogens with one attached hydrogen (secondary N) is 1. The van der Waals surface area contributed by atoms with E-state index in [-0.39, 0.29) is 5.92 Å². The number of fused-ring (bicyclic) bond motifs is 2. The molecule has 0 aliphatic carbocycles. The molecule has 2 heterocycles. The van der Waals surface area contributed by atoms with Crippen LogP contribution in [0.15, 0.2) is 48.7 Å². The van der Waals surface area contributed by atoms with Crippen molar-refractivity contribution in [3.05, 3.63) is 59.8 Å². The Balaban J connectivity index is 1.81. The predicted molar refractivity (Wildman–Crippen MR) is 81.8 cm³/mol. The SMILES string of the molecule is NC[C@@H](c1ccc2c(c1)OCO2)c1c[nH]c2ccccc12. The number of ether oxygens (including phenoxy) is 2. The highest BCUT2D eigenvalue weighted by atomic mass is 16.7. The highest BCUT2D eigenvalue weighted by molar-refractivity contribution is 5.84. The van der Waals surface area contributed by atoms with E-state index in [2.05, 4.69) is 23.2 Å². The van der Waals surface area contributed by atoms with Crippen LogP contribution >= 0.6 is 0 Å². The lowest BCUT2D eigenvalue weighted by Gasteiger charge is -2.15. The van der Waals surface area contributed by atoms with Crippen LogP contribution < -0.4 is 15.2 Å². The first kappa shape index (κ1) is 12.3. The maximum atomic E-state index is 6.05. The Kier molecular flexibility index (Phi) is 2.82. The van der Waals surface area contributed by atoms with Gasteiger partial charge in [-0.05, 0) is 29.3 Å². The molecule has 0 bridgehead atoms. The first-order valence-corrected chi connectivity index (χ1v) is 7.02. The lowest BCUT2D eigenvalue weighted by atomic mass is 9.91. The van der Waals surface area contributed by atoms with Crippen LogP contribution in [0.2, 0.25) is 0 Å². The van der Waals surface area contributed by atoms with Crippen LogP contribution in [0.3, 0.4) is 0 Å². The molecule has 4 rings (SSSR count). The van der Waals surface area contributed by atoms with Gasteiger partial charge in [-0.2, -0.15) is 0 Å². The lowest BCUT2D eigenvalue weighted by molar-refractivity contribution is 0.174. The Morgan fingerprint density at radius 2 is 1.95 bits per heavy atom. The second-order valence-electron chi connectivity index (χ2n) is 5.19. The molecule has 0 amide bonds. The third-order valence-corrected chi connectivity index (χ3v) is 4.03. The van der Waals surface area contributed by atoms with Crippen molar-refractivity contribution < 1.29 is 9.47 Å². The normalized spacial score (nSPS) is 14.5. The summed E-state index contributed by atoms with van der Waals surface area (Å²) >= 11 is 0. The summed E-state index contributed by atoms with van der Waals surface area (Å²) in [5.41, 5.74) is 9.54. The van der Waals surface area contributed by atoms with Crippen molar-refractivity contribution in [1.29, 1.82) is 0 Å². The van der Waals surface area contributed by atoms with Gasteiger partial charge >= 0.3 is 0 Å². The third-order valence-electron chi connectivity index (χ3n) is 4.03. The van der Waals surface area contributed by atoms with Gasteiger partial charge in [-0.15, -0.1) is 0 Å². The van der Waals surface area contributed by atoms with Crippen molar-refractivity contribution in [3.63, 3.8) is 0 Å². The Morgan fingerprint density at radius 1 is 1.10 bits per heavy atom. The molecule has 1 aliphatic heterocycles. The van der Waals surface area contributed by atoms with E-state index in [1.54, 1.807) is 0 Å². The van der Waals surface area contributed by atoms with E-state index in [0.717, 1.165) is 22.6 Å². The summed E-state index contributed by atoms with van der Waals surface area (Å²) in [6.07, 6.45) is 2.05. The van der Waals surface area contributed by atoms with Gasteiger partial charge in [0.15, 0.2) is 11.5 Å². The molecule has 0 spiro atoms. The van der Waals surface area contributed by atoms with Gasteiger partial charge in [-0.3, -0.25) is 0 Å². The van der Waals surface area contributed by atoms with Crippen molar-refractivity contribution in [2.75, 3.05) is 13.3 Å². The van der Waals surface area contributed by atoms with E-state index in [9.17, 15) is 0 Å². The second-order valence-corrected chi connectivity index (χ2v) is 5.19. The van der Waals surface area contributed by atoms with Gasteiger partial charge in [0.05, 0.1) is 0 Å². The summed E-state index contributed by atoms with van der Waals surface area (Å²) in [5.74, 6) is 1.73. The Hall–Kier alpha value is -2.46. The van der Waals surface area contributed by atoms with Crippen LogP contribution in [0, 0.1) is 0 Å². The van der Waals surface area contributed by atoms with Gasteiger partial charge in [-0.25, -0.2) is 0 Å². The van der Waals surface area contributed by atoms with E-state index in [4.69, 9.17) is 15.2 Å². The van der Waals surface area contributed by atoms with E-state index in [0.29, 0.717) is 13.3 Å². The fourth-order valence-corrected chi connectivity index (χ4v) is 2.95. The Labute approximate surface area is 122 Å². The quantitative estimate of drug-likeness (QED) is 0.775. The van der Waals surface area contributed by atoms with Crippen molar-refractivity contribution in [2.24, 2.45) is 5.73 Å². The highest BCUT2D eigenvalue weighted by Gasteiger charge is 2.20. The Bertz CT molecular complexity index is 794. The molecule has 1 aliphatic rings. The molecule has 0 unspecified atom stereocenters. The van der Waals surface area contributed by atoms with Crippen LogP contribution in [-0.2, 0) is 0 Å². The molecule has 0 radical (unpaired) electrons. The second kappa shape index (κ2) is 4.82. The monoisotopic (exact) mass is 280 g/mol. The number of hydrogen-bond acceptors (Lipinski definition) is 3. The number of benzene rings is 2. The summed E-state index contributed by atoms with van der Waals surface area (Å²) < 4.78 is 10.8. The summed E-state index contributed by atoms with van der Waals surface area (Å²) in [6, 6.07) is 14.3. The van der Waals surface area contributed by atoms with Gasteiger partial charge < -0.3 is 20.2 Å². The number of nitrogens with two attached hydrogens (primary N) is 1. The molecular formula is C17H16N2O2. The molecule has 0 fully saturated rings. The minimum atomic E-state index is 0.135. The molecule has 3 aromatic rings. The molecular weight excluding hydrogens is 264 g/mol. The molecule has 2 aromatic carbocycles.